The standard InChI is InChI=1S/C9H10BClN2O3/c10-7-3-12-9(11)13-8(7)16-5-6-4-14-1-2-15-6/h3,6H,1-2,4-5H2. The quantitative estimate of drug-likeness (QED) is 0.537. The van der Waals surface area contributed by atoms with Gasteiger partial charge in [-0.05, 0) is 17.1 Å². The highest BCUT2D eigenvalue weighted by molar-refractivity contribution is 6.34. The van der Waals surface area contributed by atoms with Gasteiger partial charge in [0.15, 0.2) is 0 Å². The Labute approximate surface area is 99.5 Å². The van der Waals surface area contributed by atoms with E-state index in [0.29, 0.717) is 31.9 Å². The molecule has 1 fully saturated rings. The average Bonchev–Trinajstić information content (AvgIpc) is 2.32. The molecule has 0 N–H and O–H groups in total. The molecule has 0 aromatic carbocycles. The Morgan fingerprint density at radius 1 is 1.56 bits per heavy atom. The van der Waals surface area contributed by atoms with Crippen molar-refractivity contribution in [2.45, 2.75) is 6.10 Å². The van der Waals surface area contributed by atoms with Crippen LogP contribution in [0.25, 0.3) is 0 Å². The molecule has 0 spiro atoms. The fourth-order valence-electron chi connectivity index (χ4n) is 1.28. The third kappa shape index (κ3) is 3.07. The number of aromatic nitrogens is 2. The van der Waals surface area contributed by atoms with Crippen molar-refractivity contribution >= 4 is 24.9 Å². The highest BCUT2D eigenvalue weighted by Crippen LogP contribution is 2.08. The van der Waals surface area contributed by atoms with Gasteiger partial charge in [0.1, 0.15) is 20.6 Å². The van der Waals surface area contributed by atoms with E-state index in [1.165, 1.54) is 6.20 Å². The van der Waals surface area contributed by atoms with Crippen molar-refractivity contribution in [3.63, 3.8) is 0 Å². The Morgan fingerprint density at radius 3 is 3.19 bits per heavy atom. The van der Waals surface area contributed by atoms with E-state index in [9.17, 15) is 0 Å². The smallest absolute Gasteiger partial charge is 0.225 e. The Bertz CT molecular complexity index is 361. The van der Waals surface area contributed by atoms with Crippen LogP contribution in [0.5, 0.6) is 5.88 Å². The maximum Gasteiger partial charge on any atom is 0.225 e. The van der Waals surface area contributed by atoms with Crippen LogP contribution in [-0.4, -0.2) is 50.3 Å². The van der Waals surface area contributed by atoms with Crippen LogP contribution in [0, 0.1) is 0 Å². The van der Waals surface area contributed by atoms with Gasteiger partial charge in [-0.25, -0.2) is 4.98 Å². The van der Waals surface area contributed by atoms with Crippen LogP contribution < -0.4 is 10.2 Å². The summed E-state index contributed by atoms with van der Waals surface area (Å²) < 4.78 is 16.0. The molecule has 1 aliphatic rings. The summed E-state index contributed by atoms with van der Waals surface area (Å²) in [6, 6.07) is 0. The van der Waals surface area contributed by atoms with Crippen molar-refractivity contribution in [2.24, 2.45) is 0 Å². The lowest BCUT2D eigenvalue weighted by Gasteiger charge is -2.22. The molecule has 1 unspecified atom stereocenters. The van der Waals surface area contributed by atoms with Crippen molar-refractivity contribution in [1.82, 2.24) is 9.97 Å². The molecule has 0 amide bonds. The first kappa shape index (κ1) is 11.6. The Balaban J connectivity index is 1.90. The minimum atomic E-state index is -0.0955. The molecule has 2 rings (SSSR count). The largest absolute Gasteiger partial charge is 0.475 e. The first-order chi connectivity index (χ1) is 7.75. The van der Waals surface area contributed by atoms with Crippen molar-refractivity contribution in [3.05, 3.63) is 11.5 Å². The lowest BCUT2D eigenvalue weighted by atomic mass is 10.0. The first-order valence-electron chi connectivity index (χ1n) is 4.86. The summed E-state index contributed by atoms with van der Waals surface area (Å²) in [5, 5.41) is 0.102. The van der Waals surface area contributed by atoms with Crippen LogP contribution in [0.2, 0.25) is 5.28 Å². The molecule has 1 aromatic heterocycles. The zero-order chi connectivity index (χ0) is 11.4. The highest BCUT2D eigenvalue weighted by Gasteiger charge is 2.15. The predicted octanol–water partition coefficient (Wildman–Crippen LogP) is -0.282. The van der Waals surface area contributed by atoms with Crippen molar-refractivity contribution in [1.29, 1.82) is 0 Å². The number of halogens is 1. The predicted molar refractivity (Wildman–Crippen MR) is 58.5 cm³/mol. The van der Waals surface area contributed by atoms with E-state index in [1.807, 2.05) is 0 Å². The minimum Gasteiger partial charge on any atom is -0.475 e. The number of rotatable bonds is 3. The average molecular weight is 240 g/mol. The fraction of sp³-hybridized carbons (Fsp3) is 0.556. The van der Waals surface area contributed by atoms with Gasteiger partial charge in [0, 0.05) is 6.20 Å². The summed E-state index contributed by atoms with van der Waals surface area (Å²) in [5.74, 6) is 0.272. The van der Waals surface area contributed by atoms with Crippen LogP contribution >= 0.6 is 11.6 Å². The maximum absolute atomic E-state index is 5.62. The zero-order valence-corrected chi connectivity index (χ0v) is 9.31. The third-order valence-electron chi connectivity index (χ3n) is 2.04. The number of hydrogen-bond donors (Lipinski definition) is 0. The van der Waals surface area contributed by atoms with Crippen LogP contribution in [0.1, 0.15) is 0 Å². The second-order valence-electron chi connectivity index (χ2n) is 3.28. The minimum absolute atomic E-state index is 0.0955. The van der Waals surface area contributed by atoms with Gasteiger partial charge in [0.2, 0.25) is 11.2 Å². The molecule has 84 valence electrons. The topological polar surface area (TPSA) is 53.5 Å². The fourth-order valence-corrected chi connectivity index (χ4v) is 1.40. The molecule has 1 aliphatic heterocycles. The molecule has 1 atom stereocenters. The molecule has 2 radical (unpaired) electrons. The van der Waals surface area contributed by atoms with Crippen molar-refractivity contribution < 1.29 is 14.2 Å². The molecule has 0 saturated carbocycles. The SMILES string of the molecule is [B]c1cnc(Cl)nc1OCC1COCCO1. The van der Waals surface area contributed by atoms with E-state index < -0.39 is 0 Å². The summed E-state index contributed by atoms with van der Waals surface area (Å²) in [5.41, 5.74) is 0.348. The first-order valence-corrected chi connectivity index (χ1v) is 5.23. The second-order valence-corrected chi connectivity index (χ2v) is 3.62. The van der Waals surface area contributed by atoms with Gasteiger partial charge in [0.25, 0.3) is 0 Å². The second kappa shape index (κ2) is 5.47. The lowest BCUT2D eigenvalue weighted by Crippen LogP contribution is -2.34. The van der Waals surface area contributed by atoms with Crippen molar-refractivity contribution in [3.8, 4) is 5.88 Å². The Kier molecular flexibility index (Phi) is 3.98. The van der Waals surface area contributed by atoms with E-state index in [4.69, 9.17) is 33.7 Å². The molecule has 7 heteroatoms. The van der Waals surface area contributed by atoms with Gasteiger partial charge in [-0.1, -0.05) is 0 Å². The van der Waals surface area contributed by atoms with E-state index in [2.05, 4.69) is 9.97 Å². The molecule has 1 aromatic rings. The Hall–Kier alpha value is -0.845. The molecule has 0 bridgehead atoms. The van der Waals surface area contributed by atoms with Crippen LogP contribution in [0.4, 0.5) is 0 Å². The summed E-state index contributed by atoms with van der Waals surface area (Å²) in [6.07, 6.45) is 1.31. The van der Waals surface area contributed by atoms with Crippen LogP contribution in [0.3, 0.4) is 0 Å². The number of hydrogen-bond acceptors (Lipinski definition) is 5. The highest BCUT2D eigenvalue weighted by atomic mass is 35.5. The molecular formula is C9H10BClN2O3. The van der Waals surface area contributed by atoms with Crippen molar-refractivity contribution in [2.75, 3.05) is 26.4 Å². The molecular weight excluding hydrogens is 230 g/mol. The van der Waals surface area contributed by atoms with Gasteiger partial charge in [0.05, 0.1) is 19.8 Å². The third-order valence-corrected chi connectivity index (χ3v) is 2.22. The normalized spacial score (nSPS) is 20.7. The van der Waals surface area contributed by atoms with E-state index in [-0.39, 0.29) is 17.3 Å². The van der Waals surface area contributed by atoms with Crippen LogP contribution in [0.15, 0.2) is 6.20 Å². The summed E-state index contributed by atoms with van der Waals surface area (Å²) in [4.78, 5) is 7.60. The van der Waals surface area contributed by atoms with Gasteiger partial charge in [-0.3, -0.25) is 0 Å². The van der Waals surface area contributed by atoms with Gasteiger partial charge < -0.3 is 14.2 Å². The molecule has 1 saturated heterocycles. The summed E-state index contributed by atoms with van der Waals surface area (Å²) >= 11 is 5.62. The van der Waals surface area contributed by atoms with E-state index in [0.717, 1.165) is 0 Å². The monoisotopic (exact) mass is 240 g/mol. The summed E-state index contributed by atoms with van der Waals surface area (Å²) in [7, 11) is 5.62. The van der Waals surface area contributed by atoms with Crippen LogP contribution in [-0.2, 0) is 9.47 Å². The van der Waals surface area contributed by atoms with Gasteiger partial charge in [-0.2, -0.15) is 4.98 Å². The molecule has 16 heavy (non-hydrogen) atoms. The zero-order valence-electron chi connectivity index (χ0n) is 8.56. The maximum atomic E-state index is 5.62. The van der Waals surface area contributed by atoms with Gasteiger partial charge in [-0.15, -0.1) is 0 Å². The van der Waals surface area contributed by atoms with E-state index >= 15 is 0 Å². The number of ether oxygens (including phenoxy) is 3. The molecule has 5 nitrogen and oxygen atoms in total. The number of nitrogens with zero attached hydrogens (tertiary/aromatic N) is 2. The molecule has 2 heterocycles. The summed E-state index contributed by atoms with van der Waals surface area (Å²) in [6.45, 7) is 2.04. The molecule has 0 aliphatic carbocycles. The van der Waals surface area contributed by atoms with Gasteiger partial charge >= 0.3 is 0 Å². The Morgan fingerprint density at radius 2 is 2.44 bits per heavy atom. The lowest BCUT2D eigenvalue weighted by molar-refractivity contribution is -0.101. The van der Waals surface area contributed by atoms with E-state index in [1.54, 1.807) is 0 Å².